The summed E-state index contributed by atoms with van der Waals surface area (Å²) in [5.74, 6) is 0.620. The average Bonchev–Trinajstić information content (AvgIpc) is 3.05. The first-order valence-corrected chi connectivity index (χ1v) is 7.57. The molecule has 0 aromatic carbocycles. The first-order chi connectivity index (χ1) is 9.95. The van der Waals surface area contributed by atoms with Gasteiger partial charge in [-0.25, -0.2) is 19.3 Å². The lowest BCUT2D eigenvalue weighted by Gasteiger charge is -2.19. The van der Waals surface area contributed by atoms with Gasteiger partial charge in [-0.1, -0.05) is 26.8 Å². The highest BCUT2D eigenvalue weighted by atomic mass is 32.1. The van der Waals surface area contributed by atoms with E-state index in [-0.39, 0.29) is 11.1 Å². The molecule has 0 aliphatic heterocycles. The van der Waals surface area contributed by atoms with Crippen molar-refractivity contribution in [1.29, 1.82) is 0 Å². The minimum atomic E-state index is -0.253. The number of anilines is 1. The van der Waals surface area contributed by atoms with E-state index >= 15 is 0 Å². The van der Waals surface area contributed by atoms with E-state index in [0.717, 1.165) is 5.69 Å². The number of rotatable bonds is 3. The van der Waals surface area contributed by atoms with Crippen molar-refractivity contribution in [2.24, 2.45) is 0 Å². The maximum Gasteiger partial charge on any atom is 0.347 e. The maximum absolute atomic E-state index is 11.8. The third kappa shape index (κ3) is 2.69. The molecule has 0 unspecified atom stereocenters. The van der Waals surface area contributed by atoms with E-state index in [1.165, 1.54) is 9.28 Å². The van der Waals surface area contributed by atoms with E-state index in [0.29, 0.717) is 18.0 Å². The Bertz CT molecular complexity index is 810. The SMILES string of the molecule is CC(C)(C)c1cn2c(=O)[nH]nc2c(NCc2cccs2)n1. The van der Waals surface area contributed by atoms with Gasteiger partial charge in [0, 0.05) is 16.5 Å². The normalized spacial score (nSPS) is 12.0. The largest absolute Gasteiger partial charge is 0.362 e. The predicted octanol–water partition coefficient (Wildman–Crippen LogP) is 2.39. The van der Waals surface area contributed by atoms with Crippen molar-refractivity contribution in [3.05, 3.63) is 44.8 Å². The van der Waals surface area contributed by atoms with Gasteiger partial charge in [-0.15, -0.1) is 16.4 Å². The molecule has 3 aromatic heterocycles. The number of thiophene rings is 1. The number of H-pyrrole nitrogens is 1. The van der Waals surface area contributed by atoms with Crippen LogP contribution < -0.4 is 11.0 Å². The van der Waals surface area contributed by atoms with Gasteiger partial charge in [-0.3, -0.25) is 0 Å². The average molecular weight is 303 g/mol. The van der Waals surface area contributed by atoms with Crippen LogP contribution in [0.15, 0.2) is 28.5 Å². The van der Waals surface area contributed by atoms with E-state index < -0.39 is 0 Å². The molecule has 0 amide bonds. The van der Waals surface area contributed by atoms with Crippen molar-refractivity contribution in [3.63, 3.8) is 0 Å². The first kappa shape index (κ1) is 13.8. The topological polar surface area (TPSA) is 75.1 Å². The Hall–Kier alpha value is -2.15. The fourth-order valence-electron chi connectivity index (χ4n) is 1.98. The first-order valence-electron chi connectivity index (χ1n) is 6.69. The molecular weight excluding hydrogens is 286 g/mol. The molecule has 0 saturated carbocycles. The van der Waals surface area contributed by atoms with Gasteiger partial charge in [0.25, 0.3) is 0 Å². The molecule has 3 heterocycles. The van der Waals surface area contributed by atoms with Crippen LogP contribution in [0, 0.1) is 0 Å². The van der Waals surface area contributed by atoms with Crippen molar-refractivity contribution in [3.8, 4) is 0 Å². The number of fused-ring (bicyclic) bond motifs is 1. The summed E-state index contributed by atoms with van der Waals surface area (Å²) in [6.07, 6.45) is 1.75. The highest BCUT2D eigenvalue weighted by molar-refractivity contribution is 7.09. The van der Waals surface area contributed by atoms with Gasteiger partial charge in [0.1, 0.15) is 0 Å². The summed E-state index contributed by atoms with van der Waals surface area (Å²) in [6.45, 7) is 6.86. The van der Waals surface area contributed by atoms with Gasteiger partial charge >= 0.3 is 5.69 Å². The molecule has 7 heteroatoms. The summed E-state index contributed by atoms with van der Waals surface area (Å²) in [5.41, 5.74) is 0.957. The van der Waals surface area contributed by atoms with Gasteiger partial charge in [0.2, 0.25) is 5.65 Å². The van der Waals surface area contributed by atoms with E-state index in [4.69, 9.17) is 0 Å². The molecule has 0 bridgehead atoms. The minimum absolute atomic E-state index is 0.149. The summed E-state index contributed by atoms with van der Waals surface area (Å²) in [4.78, 5) is 17.7. The Morgan fingerprint density at radius 1 is 1.43 bits per heavy atom. The number of nitrogens with one attached hydrogen (secondary N) is 2. The summed E-state index contributed by atoms with van der Waals surface area (Å²) in [7, 11) is 0. The third-order valence-corrected chi connectivity index (χ3v) is 4.05. The number of hydrogen-bond donors (Lipinski definition) is 2. The molecule has 3 rings (SSSR count). The number of hydrogen-bond acceptors (Lipinski definition) is 5. The lowest BCUT2D eigenvalue weighted by Crippen LogP contribution is -2.19. The lowest BCUT2D eigenvalue weighted by atomic mass is 9.93. The predicted molar refractivity (Wildman–Crippen MR) is 84.0 cm³/mol. The summed E-state index contributed by atoms with van der Waals surface area (Å²) in [6, 6.07) is 4.06. The Balaban J connectivity index is 2.05. The van der Waals surface area contributed by atoms with Gasteiger partial charge in [-0.2, -0.15) is 0 Å². The van der Waals surface area contributed by atoms with E-state index in [2.05, 4.69) is 47.3 Å². The molecule has 0 atom stereocenters. The standard InChI is InChI=1S/C14H17N5OS/c1-14(2,3)10-8-19-12(17-18-13(19)20)11(16-10)15-7-9-5-4-6-21-9/h4-6,8H,7H2,1-3H3,(H,15,16)(H,18,20). The van der Waals surface area contributed by atoms with E-state index in [9.17, 15) is 4.79 Å². The van der Waals surface area contributed by atoms with Crippen molar-refractivity contribution in [2.45, 2.75) is 32.7 Å². The van der Waals surface area contributed by atoms with Crippen LogP contribution in [0.5, 0.6) is 0 Å². The Labute approximate surface area is 125 Å². The van der Waals surface area contributed by atoms with E-state index in [1.807, 2.05) is 11.4 Å². The zero-order valence-corrected chi connectivity index (χ0v) is 13.0. The maximum atomic E-state index is 11.8. The van der Waals surface area contributed by atoms with Gasteiger partial charge in [0.05, 0.1) is 12.2 Å². The fourth-order valence-corrected chi connectivity index (χ4v) is 2.62. The van der Waals surface area contributed by atoms with Crippen LogP contribution in [-0.4, -0.2) is 19.6 Å². The summed E-state index contributed by atoms with van der Waals surface area (Å²) < 4.78 is 1.50. The molecule has 110 valence electrons. The van der Waals surface area contributed by atoms with Crippen LogP contribution in [0.4, 0.5) is 5.82 Å². The third-order valence-electron chi connectivity index (χ3n) is 3.18. The highest BCUT2D eigenvalue weighted by Gasteiger charge is 2.19. The molecule has 2 N–H and O–H groups in total. The second kappa shape index (κ2) is 5.00. The molecule has 21 heavy (non-hydrogen) atoms. The lowest BCUT2D eigenvalue weighted by molar-refractivity contribution is 0.565. The fraction of sp³-hybridized carbons (Fsp3) is 0.357. The van der Waals surface area contributed by atoms with Crippen molar-refractivity contribution in [1.82, 2.24) is 19.6 Å². The number of aromatic amines is 1. The van der Waals surface area contributed by atoms with Crippen molar-refractivity contribution >= 4 is 22.8 Å². The van der Waals surface area contributed by atoms with Crippen molar-refractivity contribution < 1.29 is 0 Å². The van der Waals surface area contributed by atoms with Crippen molar-refractivity contribution in [2.75, 3.05) is 5.32 Å². The molecule has 3 aromatic rings. The Morgan fingerprint density at radius 3 is 2.90 bits per heavy atom. The zero-order valence-electron chi connectivity index (χ0n) is 12.2. The molecule has 0 aliphatic rings. The second-order valence-corrected chi connectivity index (χ2v) is 6.91. The summed E-state index contributed by atoms with van der Waals surface area (Å²) >= 11 is 1.68. The Kier molecular flexibility index (Phi) is 3.29. The number of aromatic nitrogens is 4. The van der Waals surface area contributed by atoms with Crippen LogP contribution in [0.2, 0.25) is 0 Å². The Morgan fingerprint density at radius 2 is 2.24 bits per heavy atom. The van der Waals surface area contributed by atoms with Gasteiger partial charge in [-0.05, 0) is 11.4 Å². The van der Waals surface area contributed by atoms with E-state index in [1.54, 1.807) is 17.5 Å². The highest BCUT2D eigenvalue weighted by Crippen LogP contribution is 2.23. The molecule has 0 aliphatic carbocycles. The van der Waals surface area contributed by atoms with Crippen LogP contribution in [-0.2, 0) is 12.0 Å². The monoisotopic (exact) mass is 303 g/mol. The zero-order chi connectivity index (χ0) is 15.0. The van der Waals surface area contributed by atoms with Crippen LogP contribution >= 0.6 is 11.3 Å². The number of nitrogens with zero attached hydrogens (tertiary/aromatic N) is 3. The molecule has 0 saturated heterocycles. The van der Waals surface area contributed by atoms with Gasteiger partial charge < -0.3 is 5.32 Å². The molecule has 0 fully saturated rings. The van der Waals surface area contributed by atoms with Gasteiger partial charge in [0.15, 0.2) is 5.82 Å². The van der Waals surface area contributed by atoms with Crippen LogP contribution in [0.3, 0.4) is 0 Å². The smallest absolute Gasteiger partial charge is 0.347 e. The molecule has 0 spiro atoms. The van der Waals surface area contributed by atoms with Crippen LogP contribution in [0.1, 0.15) is 31.3 Å². The summed E-state index contributed by atoms with van der Waals surface area (Å²) in [5, 5.41) is 11.8. The molecule has 0 radical (unpaired) electrons. The molecular formula is C14H17N5OS. The van der Waals surface area contributed by atoms with Crippen LogP contribution in [0.25, 0.3) is 5.65 Å². The molecule has 6 nitrogen and oxygen atoms in total. The minimum Gasteiger partial charge on any atom is -0.362 e. The second-order valence-electron chi connectivity index (χ2n) is 5.88. The quantitative estimate of drug-likeness (QED) is 0.779.